The number of piperidine rings is 1. The fraction of sp³-hybridized carbons (Fsp3) is 0.667. The number of halogens is 1. The summed E-state index contributed by atoms with van der Waals surface area (Å²) in [5.74, 6) is 1.82. The molecule has 150 valence electrons. The molecule has 0 spiro atoms. The molecular formula is C21H34BrN5. The fourth-order valence-electron chi connectivity index (χ4n) is 3.99. The van der Waals surface area contributed by atoms with Crippen molar-refractivity contribution in [2.24, 2.45) is 10.9 Å². The number of benzene rings is 1. The van der Waals surface area contributed by atoms with E-state index in [9.17, 15) is 0 Å². The maximum Gasteiger partial charge on any atom is 0.191 e. The smallest absolute Gasteiger partial charge is 0.191 e. The summed E-state index contributed by atoms with van der Waals surface area (Å²) in [5, 5.41) is 7.07. The molecule has 0 aliphatic carbocycles. The number of likely N-dealkylation sites (tertiary alicyclic amines) is 1. The van der Waals surface area contributed by atoms with E-state index in [4.69, 9.17) is 4.99 Å². The van der Waals surface area contributed by atoms with Gasteiger partial charge in [0.25, 0.3) is 0 Å². The molecule has 2 N–H and O–H groups in total. The SMILES string of the molecule is CCNC(=NCCC1CCN(C)CC1)NC1CCN(c2ccc(Br)cc2)C1. The Kier molecular flexibility index (Phi) is 7.82. The number of hydrogen-bond acceptors (Lipinski definition) is 3. The van der Waals surface area contributed by atoms with Gasteiger partial charge >= 0.3 is 0 Å². The lowest BCUT2D eigenvalue weighted by Gasteiger charge is -2.28. The number of aliphatic imine (C=N–C) groups is 1. The standard InChI is InChI=1S/C21H34BrN5/c1-3-23-21(24-12-8-17-9-13-26(2)14-10-17)25-19-11-15-27(16-19)20-6-4-18(22)5-7-20/h4-7,17,19H,3,8-16H2,1-2H3,(H2,23,24,25). The van der Waals surface area contributed by atoms with Gasteiger partial charge in [-0.15, -0.1) is 0 Å². The van der Waals surface area contributed by atoms with Gasteiger partial charge in [0.05, 0.1) is 0 Å². The van der Waals surface area contributed by atoms with E-state index in [-0.39, 0.29) is 0 Å². The minimum absolute atomic E-state index is 0.453. The van der Waals surface area contributed by atoms with Crippen LogP contribution >= 0.6 is 15.9 Å². The van der Waals surface area contributed by atoms with Crippen LogP contribution in [0.5, 0.6) is 0 Å². The maximum atomic E-state index is 4.86. The van der Waals surface area contributed by atoms with Crippen LogP contribution in [-0.4, -0.2) is 63.2 Å². The van der Waals surface area contributed by atoms with E-state index >= 15 is 0 Å². The number of nitrogens with zero attached hydrogens (tertiary/aromatic N) is 3. The molecule has 2 saturated heterocycles. The molecule has 0 bridgehead atoms. The molecule has 0 saturated carbocycles. The lowest BCUT2D eigenvalue weighted by Crippen LogP contribution is -2.44. The van der Waals surface area contributed by atoms with Crippen LogP contribution in [0.3, 0.4) is 0 Å². The summed E-state index contributed by atoms with van der Waals surface area (Å²) in [5.41, 5.74) is 1.30. The molecular weight excluding hydrogens is 402 g/mol. The predicted octanol–water partition coefficient (Wildman–Crippen LogP) is 3.31. The zero-order valence-corrected chi connectivity index (χ0v) is 18.3. The topological polar surface area (TPSA) is 42.9 Å². The van der Waals surface area contributed by atoms with Gasteiger partial charge in [-0.25, -0.2) is 0 Å². The number of nitrogens with one attached hydrogen (secondary N) is 2. The van der Waals surface area contributed by atoms with Crippen molar-refractivity contribution in [3.05, 3.63) is 28.7 Å². The molecule has 2 aliphatic heterocycles. The monoisotopic (exact) mass is 435 g/mol. The highest BCUT2D eigenvalue weighted by molar-refractivity contribution is 9.10. The van der Waals surface area contributed by atoms with Gasteiger partial charge < -0.3 is 20.4 Å². The summed E-state index contributed by atoms with van der Waals surface area (Å²) < 4.78 is 1.13. The highest BCUT2D eigenvalue weighted by Gasteiger charge is 2.23. The lowest BCUT2D eigenvalue weighted by molar-refractivity contribution is 0.214. The molecule has 0 radical (unpaired) electrons. The van der Waals surface area contributed by atoms with Crippen molar-refractivity contribution in [1.29, 1.82) is 0 Å². The summed E-state index contributed by atoms with van der Waals surface area (Å²) in [7, 11) is 2.22. The average Bonchev–Trinajstić information content (AvgIpc) is 3.12. The van der Waals surface area contributed by atoms with E-state index in [1.54, 1.807) is 0 Å². The number of rotatable bonds is 6. The first-order chi connectivity index (χ1) is 13.1. The van der Waals surface area contributed by atoms with Crippen LogP contribution in [0, 0.1) is 5.92 Å². The second-order valence-corrected chi connectivity index (χ2v) is 8.76. The van der Waals surface area contributed by atoms with Gasteiger partial charge in [-0.1, -0.05) is 15.9 Å². The Bertz CT molecular complexity index is 595. The first kappa shape index (κ1) is 20.5. The molecule has 5 nitrogen and oxygen atoms in total. The molecule has 3 rings (SSSR count). The van der Waals surface area contributed by atoms with Crippen molar-refractivity contribution in [1.82, 2.24) is 15.5 Å². The van der Waals surface area contributed by atoms with Gasteiger partial charge in [0.15, 0.2) is 5.96 Å². The molecule has 2 heterocycles. The predicted molar refractivity (Wildman–Crippen MR) is 119 cm³/mol. The van der Waals surface area contributed by atoms with Crippen LogP contribution in [0.15, 0.2) is 33.7 Å². The Hall–Kier alpha value is -1.27. The molecule has 1 aromatic rings. The van der Waals surface area contributed by atoms with Crippen LogP contribution in [0.2, 0.25) is 0 Å². The summed E-state index contributed by atoms with van der Waals surface area (Å²) in [6.45, 7) is 8.56. The Morgan fingerprint density at radius 2 is 1.89 bits per heavy atom. The van der Waals surface area contributed by atoms with Crippen LogP contribution < -0.4 is 15.5 Å². The van der Waals surface area contributed by atoms with Crippen molar-refractivity contribution in [3.63, 3.8) is 0 Å². The highest BCUT2D eigenvalue weighted by Crippen LogP contribution is 2.22. The molecule has 1 atom stereocenters. The van der Waals surface area contributed by atoms with E-state index in [0.717, 1.165) is 49.0 Å². The van der Waals surface area contributed by atoms with Gasteiger partial charge in [0.2, 0.25) is 0 Å². The number of hydrogen-bond donors (Lipinski definition) is 2. The zero-order valence-electron chi connectivity index (χ0n) is 16.8. The molecule has 2 fully saturated rings. The third kappa shape index (κ3) is 6.39. The average molecular weight is 436 g/mol. The molecule has 0 aromatic heterocycles. The summed E-state index contributed by atoms with van der Waals surface area (Å²) in [6.07, 6.45) is 5.00. The summed E-state index contributed by atoms with van der Waals surface area (Å²) in [4.78, 5) is 9.74. The zero-order chi connectivity index (χ0) is 19.1. The Morgan fingerprint density at radius 1 is 1.15 bits per heavy atom. The fourth-order valence-corrected chi connectivity index (χ4v) is 4.25. The van der Waals surface area contributed by atoms with Crippen LogP contribution in [0.1, 0.15) is 32.6 Å². The van der Waals surface area contributed by atoms with Crippen molar-refractivity contribution >= 4 is 27.6 Å². The first-order valence-electron chi connectivity index (χ1n) is 10.4. The highest BCUT2D eigenvalue weighted by atomic mass is 79.9. The minimum Gasteiger partial charge on any atom is -0.369 e. The van der Waals surface area contributed by atoms with Gasteiger partial charge in [0.1, 0.15) is 0 Å². The Balaban J connectivity index is 1.46. The van der Waals surface area contributed by atoms with E-state index in [0.29, 0.717) is 6.04 Å². The van der Waals surface area contributed by atoms with Gasteiger partial charge in [-0.05, 0) is 82.9 Å². The minimum atomic E-state index is 0.453. The largest absolute Gasteiger partial charge is 0.369 e. The second kappa shape index (κ2) is 10.3. The van der Waals surface area contributed by atoms with E-state index in [1.165, 1.54) is 38.0 Å². The third-order valence-electron chi connectivity index (χ3n) is 5.71. The third-order valence-corrected chi connectivity index (χ3v) is 6.24. The van der Waals surface area contributed by atoms with E-state index in [1.807, 2.05) is 0 Å². The van der Waals surface area contributed by atoms with E-state index in [2.05, 4.69) is 74.6 Å². The molecule has 2 aliphatic rings. The quantitative estimate of drug-likeness (QED) is 0.531. The van der Waals surface area contributed by atoms with Crippen molar-refractivity contribution < 1.29 is 0 Å². The second-order valence-electron chi connectivity index (χ2n) is 7.85. The number of guanidine groups is 1. The van der Waals surface area contributed by atoms with Gasteiger partial charge in [0, 0.05) is 42.4 Å². The number of anilines is 1. The Morgan fingerprint density at radius 3 is 2.59 bits per heavy atom. The Labute approximate surface area is 172 Å². The lowest BCUT2D eigenvalue weighted by atomic mass is 9.94. The van der Waals surface area contributed by atoms with Crippen LogP contribution in [0.4, 0.5) is 5.69 Å². The van der Waals surface area contributed by atoms with Crippen molar-refractivity contribution in [2.45, 2.75) is 38.6 Å². The molecule has 0 amide bonds. The van der Waals surface area contributed by atoms with Gasteiger partial charge in [-0.3, -0.25) is 4.99 Å². The molecule has 1 aromatic carbocycles. The maximum absolute atomic E-state index is 4.86. The van der Waals surface area contributed by atoms with Crippen LogP contribution in [-0.2, 0) is 0 Å². The molecule has 27 heavy (non-hydrogen) atoms. The molecule has 6 heteroatoms. The summed E-state index contributed by atoms with van der Waals surface area (Å²) in [6, 6.07) is 9.06. The normalized spacial score (nSPS) is 22.3. The van der Waals surface area contributed by atoms with Crippen LogP contribution in [0.25, 0.3) is 0 Å². The first-order valence-corrected chi connectivity index (χ1v) is 11.2. The van der Waals surface area contributed by atoms with Gasteiger partial charge in [-0.2, -0.15) is 0 Å². The van der Waals surface area contributed by atoms with Crippen molar-refractivity contribution in [2.75, 3.05) is 51.2 Å². The van der Waals surface area contributed by atoms with Crippen molar-refractivity contribution in [3.8, 4) is 0 Å². The van der Waals surface area contributed by atoms with E-state index < -0.39 is 0 Å². The summed E-state index contributed by atoms with van der Waals surface area (Å²) >= 11 is 3.51. The molecule has 1 unspecified atom stereocenters.